The van der Waals surface area contributed by atoms with Crippen LogP contribution in [0.25, 0.3) is 43.4 Å². The number of fused-ring (bicyclic) bond motifs is 5. The lowest BCUT2D eigenvalue weighted by molar-refractivity contribution is -0.137. The molecule has 0 unspecified atom stereocenters. The van der Waals surface area contributed by atoms with Crippen LogP contribution in [0.1, 0.15) is 5.56 Å². The largest absolute Gasteiger partial charge is 0.416 e. The predicted molar refractivity (Wildman–Crippen MR) is 109 cm³/mol. The predicted octanol–water partition coefficient (Wildman–Crippen LogP) is 7.83. The molecule has 0 radical (unpaired) electrons. The molecule has 0 amide bonds. The first-order valence-electron chi connectivity index (χ1n) is 9.03. The summed E-state index contributed by atoms with van der Waals surface area (Å²) in [6.45, 7) is 0. The summed E-state index contributed by atoms with van der Waals surface area (Å²) < 4.78 is 38.6. The van der Waals surface area contributed by atoms with Crippen LogP contribution in [0.2, 0.25) is 0 Å². The lowest BCUT2D eigenvalue weighted by atomic mass is 9.94. The fourth-order valence-electron chi connectivity index (χ4n) is 3.86. The number of hydrogen-bond donors (Lipinski definition) is 0. The van der Waals surface area contributed by atoms with Crippen molar-refractivity contribution in [1.29, 1.82) is 0 Å². The quantitative estimate of drug-likeness (QED) is 0.263. The van der Waals surface area contributed by atoms with Crippen LogP contribution in [0, 0.1) is 0 Å². The normalized spacial score (nSPS) is 12.1. The van der Waals surface area contributed by atoms with E-state index >= 15 is 0 Å². The molecule has 0 aliphatic rings. The molecule has 0 nitrogen and oxygen atoms in total. The molecule has 0 saturated carbocycles. The molecule has 0 aliphatic heterocycles. The van der Waals surface area contributed by atoms with Crippen LogP contribution in [0.4, 0.5) is 13.2 Å². The molecule has 0 aromatic heterocycles. The van der Waals surface area contributed by atoms with E-state index in [1.807, 2.05) is 24.3 Å². The summed E-state index contributed by atoms with van der Waals surface area (Å²) in [5.41, 5.74) is 1.04. The van der Waals surface area contributed by atoms with Crippen molar-refractivity contribution in [3.05, 3.63) is 96.6 Å². The van der Waals surface area contributed by atoms with Crippen LogP contribution >= 0.6 is 0 Å². The van der Waals surface area contributed by atoms with Gasteiger partial charge in [0.1, 0.15) is 0 Å². The summed E-state index contributed by atoms with van der Waals surface area (Å²) in [6.07, 6.45) is -4.32. The molecular formula is C25H15F3. The highest BCUT2D eigenvalue weighted by atomic mass is 19.4. The third kappa shape index (κ3) is 2.71. The van der Waals surface area contributed by atoms with Gasteiger partial charge in [-0.1, -0.05) is 72.8 Å². The summed E-state index contributed by atoms with van der Waals surface area (Å²) in [5, 5.41) is 6.88. The second kappa shape index (κ2) is 6.10. The van der Waals surface area contributed by atoms with Gasteiger partial charge < -0.3 is 0 Å². The molecule has 5 rings (SSSR count). The van der Waals surface area contributed by atoms with Crippen LogP contribution in [-0.2, 0) is 6.18 Å². The number of benzene rings is 5. The Balaban J connectivity index is 1.76. The molecule has 0 bridgehead atoms. The summed E-state index contributed by atoms with van der Waals surface area (Å²) >= 11 is 0. The minimum atomic E-state index is -4.32. The minimum absolute atomic E-state index is 0.631. The number of hydrogen-bond acceptors (Lipinski definition) is 0. The van der Waals surface area contributed by atoms with Crippen LogP contribution in [0.3, 0.4) is 0 Å². The minimum Gasteiger partial charge on any atom is -0.166 e. The molecule has 3 heteroatoms. The Morgan fingerprint density at radius 1 is 0.500 bits per heavy atom. The first kappa shape index (κ1) is 16.8. The zero-order valence-electron chi connectivity index (χ0n) is 14.8. The number of alkyl halides is 3. The van der Waals surface area contributed by atoms with E-state index in [2.05, 4.69) is 42.5 Å². The van der Waals surface area contributed by atoms with Gasteiger partial charge in [-0.2, -0.15) is 13.2 Å². The van der Waals surface area contributed by atoms with Crippen molar-refractivity contribution in [2.24, 2.45) is 0 Å². The molecule has 0 saturated heterocycles. The smallest absolute Gasteiger partial charge is 0.166 e. The highest BCUT2D eigenvalue weighted by Gasteiger charge is 2.29. The zero-order valence-corrected chi connectivity index (χ0v) is 14.8. The third-order valence-corrected chi connectivity index (χ3v) is 5.27. The van der Waals surface area contributed by atoms with E-state index in [1.54, 1.807) is 0 Å². The lowest BCUT2D eigenvalue weighted by Gasteiger charge is -2.11. The van der Waals surface area contributed by atoms with Crippen LogP contribution in [-0.4, -0.2) is 0 Å². The molecule has 5 aromatic carbocycles. The van der Waals surface area contributed by atoms with Crippen molar-refractivity contribution in [2.75, 3.05) is 0 Å². The van der Waals surface area contributed by atoms with Crippen LogP contribution in [0.5, 0.6) is 0 Å². The van der Waals surface area contributed by atoms with E-state index in [0.29, 0.717) is 0 Å². The highest BCUT2D eigenvalue weighted by molar-refractivity contribution is 6.20. The van der Waals surface area contributed by atoms with Gasteiger partial charge in [-0.05, 0) is 61.6 Å². The Morgan fingerprint density at radius 3 is 1.79 bits per heavy atom. The molecule has 136 valence electrons. The van der Waals surface area contributed by atoms with Crippen molar-refractivity contribution in [3.63, 3.8) is 0 Å². The molecule has 0 heterocycles. The van der Waals surface area contributed by atoms with Gasteiger partial charge in [-0.15, -0.1) is 0 Å². The second-order valence-corrected chi connectivity index (χ2v) is 6.96. The summed E-state index contributed by atoms with van der Waals surface area (Å²) in [4.78, 5) is 0. The Labute approximate surface area is 159 Å². The van der Waals surface area contributed by atoms with Gasteiger partial charge in [0.15, 0.2) is 0 Å². The van der Waals surface area contributed by atoms with Crippen molar-refractivity contribution >= 4 is 32.3 Å². The van der Waals surface area contributed by atoms with Gasteiger partial charge in [0, 0.05) is 0 Å². The van der Waals surface area contributed by atoms with Crippen LogP contribution in [0.15, 0.2) is 91.0 Å². The van der Waals surface area contributed by atoms with Gasteiger partial charge in [0.2, 0.25) is 0 Å². The maximum absolute atomic E-state index is 12.9. The Bertz CT molecular complexity index is 1320. The van der Waals surface area contributed by atoms with Gasteiger partial charge in [-0.25, -0.2) is 0 Å². The fourth-order valence-corrected chi connectivity index (χ4v) is 3.86. The van der Waals surface area contributed by atoms with Crippen molar-refractivity contribution in [2.45, 2.75) is 6.18 Å². The lowest BCUT2D eigenvalue weighted by Crippen LogP contribution is -2.03. The highest BCUT2D eigenvalue weighted by Crippen LogP contribution is 2.35. The summed E-state index contributed by atoms with van der Waals surface area (Å²) in [6, 6.07) is 28.1. The standard InChI is InChI=1S/C25H15F3/c26-25(27,28)21-13-11-16(12-14-21)20-10-7-18-6-9-19-8-5-17-3-1-2-4-22(17)24(19)23(18)15-20/h1-15H. The van der Waals surface area contributed by atoms with E-state index in [-0.39, 0.29) is 0 Å². The average Bonchev–Trinajstić information content (AvgIpc) is 2.72. The first-order chi connectivity index (χ1) is 13.5. The van der Waals surface area contributed by atoms with E-state index in [1.165, 1.54) is 28.3 Å². The van der Waals surface area contributed by atoms with E-state index < -0.39 is 11.7 Å². The molecule has 5 aromatic rings. The van der Waals surface area contributed by atoms with Gasteiger partial charge >= 0.3 is 6.18 Å². The van der Waals surface area contributed by atoms with Crippen molar-refractivity contribution in [3.8, 4) is 11.1 Å². The number of halogens is 3. The SMILES string of the molecule is FC(F)(F)c1ccc(-c2ccc3ccc4ccc5ccccc5c4c3c2)cc1. The maximum atomic E-state index is 12.9. The number of rotatable bonds is 1. The van der Waals surface area contributed by atoms with E-state index in [4.69, 9.17) is 0 Å². The molecule has 0 aliphatic carbocycles. The van der Waals surface area contributed by atoms with E-state index in [9.17, 15) is 13.2 Å². The first-order valence-corrected chi connectivity index (χ1v) is 9.03. The zero-order chi connectivity index (χ0) is 19.3. The average molecular weight is 372 g/mol. The Morgan fingerprint density at radius 2 is 1.07 bits per heavy atom. The molecule has 0 atom stereocenters. The maximum Gasteiger partial charge on any atom is 0.416 e. The van der Waals surface area contributed by atoms with E-state index in [0.717, 1.165) is 39.4 Å². The van der Waals surface area contributed by atoms with Gasteiger partial charge in [0.25, 0.3) is 0 Å². The van der Waals surface area contributed by atoms with Gasteiger partial charge in [0.05, 0.1) is 5.56 Å². The molecule has 0 spiro atoms. The van der Waals surface area contributed by atoms with Crippen molar-refractivity contribution in [1.82, 2.24) is 0 Å². The molecular weight excluding hydrogens is 357 g/mol. The summed E-state index contributed by atoms with van der Waals surface area (Å²) in [5.74, 6) is 0. The Hall–Kier alpha value is -3.33. The topological polar surface area (TPSA) is 0 Å². The monoisotopic (exact) mass is 372 g/mol. The summed E-state index contributed by atoms with van der Waals surface area (Å²) in [7, 11) is 0. The fraction of sp³-hybridized carbons (Fsp3) is 0.0400. The van der Waals surface area contributed by atoms with Crippen molar-refractivity contribution < 1.29 is 13.2 Å². The molecule has 28 heavy (non-hydrogen) atoms. The van der Waals surface area contributed by atoms with Gasteiger partial charge in [-0.3, -0.25) is 0 Å². The second-order valence-electron chi connectivity index (χ2n) is 6.96. The molecule has 0 fully saturated rings. The van der Waals surface area contributed by atoms with Crippen LogP contribution < -0.4 is 0 Å². The molecule has 0 N–H and O–H groups in total. The Kier molecular flexibility index (Phi) is 3.66. The third-order valence-electron chi connectivity index (χ3n) is 5.27.